The van der Waals surface area contributed by atoms with E-state index in [9.17, 15) is 0 Å². The van der Waals surface area contributed by atoms with Gasteiger partial charge in [-0.05, 0) is 73.0 Å². The van der Waals surface area contributed by atoms with E-state index in [4.69, 9.17) is 11.6 Å². The molecule has 42 heavy (non-hydrogen) atoms. The Morgan fingerprint density at radius 2 is 1.07 bits per heavy atom. The number of hydrogen-bond acceptors (Lipinski definition) is 0. The highest BCUT2D eigenvalue weighted by Gasteiger charge is 2.47. The molecule has 7 aromatic rings. The van der Waals surface area contributed by atoms with Gasteiger partial charge in [-0.3, -0.25) is 0 Å². The summed E-state index contributed by atoms with van der Waals surface area (Å²) >= 11 is 7.05. The van der Waals surface area contributed by atoms with E-state index in [1.807, 2.05) is 6.07 Å². The molecule has 0 atom stereocenters. The van der Waals surface area contributed by atoms with Crippen LogP contribution in [-0.2, 0) is 5.41 Å². The largest absolute Gasteiger partial charge is 0.0837 e. The van der Waals surface area contributed by atoms with Crippen molar-refractivity contribution in [3.63, 3.8) is 0 Å². The standard InChI is InChI=1S/C41H27Cl/c42-38-26-24-30(28-13-4-1-5-14-28)27-36(38)34-21-12-22-37-39(34)35-25-23-29-15-10-11-20-33(29)40(35)41(37,31-16-6-2-7-17-31)32-18-8-3-9-19-32/h1-27H. The summed E-state index contributed by atoms with van der Waals surface area (Å²) in [6, 6.07) is 59.0. The molecule has 198 valence electrons. The summed E-state index contributed by atoms with van der Waals surface area (Å²) in [5.74, 6) is 0. The molecule has 0 amide bonds. The molecule has 0 nitrogen and oxygen atoms in total. The van der Waals surface area contributed by atoms with Crippen molar-refractivity contribution in [2.45, 2.75) is 5.41 Å². The fraction of sp³-hybridized carbons (Fsp3) is 0.0244. The first-order valence-electron chi connectivity index (χ1n) is 14.4. The molecule has 0 N–H and O–H groups in total. The van der Waals surface area contributed by atoms with Gasteiger partial charge in [0.15, 0.2) is 0 Å². The molecule has 1 aliphatic rings. The van der Waals surface area contributed by atoms with E-state index in [-0.39, 0.29) is 0 Å². The number of benzene rings is 7. The molecule has 7 aromatic carbocycles. The molecule has 8 rings (SSSR count). The molecule has 0 radical (unpaired) electrons. The Kier molecular flexibility index (Phi) is 5.84. The maximum atomic E-state index is 7.05. The Hall–Kier alpha value is -4.91. The van der Waals surface area contributed by atoms with Gasteiger partial charge >= 0.3 is 0 Å². The minimum atomic E-state index is -0.492. The van der Waals surface area contributed by atoms with Gasteiger partial charge in [0.25, 0.3) is 0 Å². The lowest BCUT2D eigenvalue weighted by molar-refractivity contribution is 0.775. The van der Waals surface area contributed by atoms with Crippen LogP contribution >= 0.6 is 11.6 Å². The van der Waals surface area contributed by atoms with Crippen LogP contribution in [0.1, 0.15) is 22.3 Å². The Morgan fingerprint density at radius 1 is 0.429 bits per heavy atom. The minimum Gasteiger partial charge on any atom is -0.0837 e. The molecule has 1 aliphatic carbocycles. The minimum absolute atomic E-state index is 0.492. The zero-order valence-electron chi connectivity index (χ0n) is 23.0. The van der Waals surface area contributed by atoms with Crippen LogP contribution in [0.15, 0.2) is 164 Å². The van der Waals surface area contributed by atoms with E-state index < -0.39 is 5.41 Å². The highest BCUT2D eigenvalue weighted by Crippen LogP contribution is 2.60. The third-order valence-electron chi connectivity index (χ3n) is 8.82. The maximum Gasteiger partial charge on any atom is 0.0719 e. The molecule has 0 fully saturated rings. The molecule has 0 saturated heterocycles. The second kappa shape index (κ2) is 9.87. The Balaban J connectivity index is 1.52. The van der Waals surface area contributed by atoms with E-state index >= 15 is 0 Å². The van der Waals surface area contributed by atoms with Crippen molar-refractivity contribution in [1.82, 2.24) is 0 Å². The second-order valence-corrected chi connectivity index (χ2v) is 11.4. The lowest BCUT2D eigenvalue weighted by atomic mass is 9.66. The summed E-state index contributed by atoms with van der Waals surface area (Å²) in [7, 11) is 0. The van der Waals surface area contributed by atoms with E-state index in [0.29, 0.717) is 0 Å². The van der Waals surface area contributed by atoms with Crippen LogP contribution in [0, 0.1) is 0 Å². The van der Waals surface area contributed by atoms with Gasteiger partial charge in [0.1, 0.15) is 0 Å². The average Bonchev–Trinajstić information content (AvgIpc) is 3.38. The van der Waals surface area contributed by atoms with Crippen molar-refractivity contribution in [2.75, 3.05) is 0 Å². The molecule has 0 spiro atoms. The second-order valence-electron chi connectivity index (χ2n) is 11.0. The van der Waals surface area contributed by atoms with Gasteiger partial charge in [0.05, 0.1) is 5.41 Å². The van der Waals surface area contributed by atoms with Gasteiger partial charge in [-0.2, -0.15) is 0 Å². The van der Waals surface area contributed by atoms with Crippen molar-refractivity contribution in [1.29, 1.82) is 0 Å². The molecule has 0 saturated carbocycles. The molecular formula is C41H27Cl. The monoisotopic (exact) mass is 554 g/mol. The highest BCUT2D eigenvalue weighted by molar-refractivity contribution is 6.33. The van der Waals surface area contributed by atoms with Crippen LogP contribution < -0.4 is 0 Å². The molecule has 0 heterocycles. The first-order valence-corrected chi connectivity index (χ1v) is 14.8. The van der Waals surface area contributed by atoms with Gasteiger partial charge in [-0.15, -0.1) is 0 Å². The summed E-state index contributed by atoms with van der Waals surface area (Å²) in [6.45, 7) is 0. The summed E-state index contributed by atoms with van der Waals surface area (Å²) in [5, 5.41) is 3.27. The van der Waals surface area contributed by atoms with E-state index in [1.54, 1.807) is 0 Å². The summed E-state index contributed by atoms with van der Waals surface area (Å²) in [5.41, 5.74) is 11.7. The lowest BCUT2D eigenvalue weighted by Gasteiger charge is -2.34. The molecule has 0 bridgehead atoms. The summed E-state index contributed by atoms with van der Waals surface area (Å²) < 4.78 is 0. The predicted octanol–water partition coefficient (Wildman–Crippen LogP) is 11.2. The van der Waals surface area contributed by atoms with Crippen molar-refractivity contribution in [3.8, 4) is 33.4 Å². The van der Waals surface area contributed by atoms with Crippen molar-refractivity contribution in [3.05, 3.63) is 191 Å². The Labute approximate surface area is 251 Å². The van der Waals surface area contributed by atoms with E-state index in [0.717, 1.165) is 21.7 Å². The number of hydrogen-bond donors (Lipinski definition) is 0. The van der Waals surface area contributed by atoms with Crippen LogP contribution in [0.3, 0.4) is 0 Å². The van der Waals surface area contributed by atoms with E-state index in [1.165, 1.54) is 49.7 Å². The van der Waals surface area contributed by atoms with Crippen LogP contribution in [-0.4, -0.2) is 0 Å². The van der Waals surface area contributed by atoms with Crippen molar-refractivity contribution < 1.29 is 0 Å². The van der Waals surface area contributed by atoms with Crippen molar-refractivity contribution >= 4 is 22.4 Å². The van der Waals surface area contributed by atoms with Crippen LogP contribution in [0.25, 0.3) is 44.2 Å². The Morgan fingerprint density at radius 3 is 1.79 bits per heavy atom. The topological polar surface area (TPSA) is 0 Å². The zero-order chi connectivity index (χ0) is 28.1. The molecule has 0 unspecified atom stereocenters. The van der Waals surface area contributed by atoms with Crippen LogP contribution in [0.4, 0.5) is 0 Å². The fourth-order valence-electron chi connectivity index (χ4n) is 7.08. The third kappa shape index (κ3) is 3.62. The number of halogens is 1. The molecule has 0 aliphatic heterocycles. The van der Waals surface area contributed by atoms with Gasteiger partial charge < -0.3 is 0 Å². The fourth-order valence-corrected chi connectivity index (χ4v) is 7.30. The highest BCUT2D eigenvalue weighted by atomic mass is 35.5. The van der Waals surface area contributed by atoms with E-state index in [2.05, 4.69) is 158 Å². The quantitative estimate of drug-likeness (QED) is 0.203. The first-order chi connectivity index (χ1) is 20.8. The summed E-state index contributed by atoms with van der Waals surface area (Å²) in [6.07, 6.45) is 0. The lowest BCUT2D eigenvalue weighted by Crippen LogP contribution is -2.28. The van der Waals surface area contributed by atoms with Crippen LogP contribution in [0.5, 0.6) is 0 Å². The normalized spacial score (nSPS) is 13.1. The van der Waals surface area contributed by atoms with Gasteiger partial charge in [0.2, 0.25) is 0 Å². The number of rotatable bonds is 4. The third-order valence-corrected chi connectivity index (χ3v) is 9.15. The predicted molar refractivity (Wildman–Crippen MR) is 177 cm³/mol. The molecule has 0 aromatic heterocycles. The SMILES string of the molecule is Clc1ccc(-c2ccccc2)cc1-c1cccc2c1-c1ccc3ccccc3c1C2(c1ccccc1)c1ccccc1. The number of fused-ring (bicyclic) bond motifs is 5. The first kappa shape index (κ1) is 24.9. The summed E-state index contributed by atoms with van der Waals surface area (Å²) in [4.78, 5) is 0. The Bertz CT molecular complexity index is 2040. The van der Waals surface area contributed by atoms with Crippen LogP contribution in [0.2, 0.25) is 5.02 Å². The maximum absolute atomic E-state index is 7.05. The zero-order valence-corrected chi connectivity index (χ0v) is 23.7. The van der Waals surface area contributed by atoms with Gasteiger partial charge in [-0.25, -0.2) is 0 Å². The smallest absolute Gasteiger partial charge is 0.0719 e. The van der Waals surface area contributed by atoms with Crippen molar-refractivity contribution in [2.24, 2.45) is 0 Å². The van der Waals surface area contributed by atoms with Gasteiger partial charge in [0, 0.05) is 10.6 Å². The molecular weight excluding hydrogens is 528 g/mol. The average molecular weight is 555 g/mol. The molecule has 1 heteroatoms. The van der Waals surface area contributed by atoms with Gasteiger partial charge in [-0.1, -0.05) is 163 Å².